The average Bonchev–Trinajstić information content (AvgIpc) is 2.23. The Kier molecular flexibility index (Phi) is 5.17. The lowest BCUT2D eigenvalue weighted by atomic mass is 10.3. The molecule has 0 saturated heterocycles. The van der Waals surface area contributed by atoms with Crippen LogP contribution in [0.2, 0.25) is 5.02 Å². The smallest absolute Gasteiger partial charge is 0.232 e. The van der Waals surface area contributed by atoms with Crippen LogP contribution in [0.1, 0.15) is 12.8 Å². The van der Waals surface area contributed by atoms with E-state index in [1.807, 2.05) is 0 Å². The van der Waals surface area contributed by atoms with Crippen molar-refractivity contribution in [3.05, 3.63) is 29.0 Å². The molecule has 0 aliphatic heterocycles. The van der Waals surface area contributed by atoms with Crippen molar-refractivity contribution in [3.63, 3.8) is 0 Å². The summed E-state index contributed by atoms with van der Waals surface area (Å²) in [6, 6.07) is 3.67. The molecule has 1 aromatic carbocycles. The van der Waals surface area contributed by atoms with Crippen molar-refractivity contribution < 1.29 is 12.8 Å². The highest BCUT2D eigenvalue weighted by molar-refractivity contribution is 7.92. The van der Waals surface area contributed by atoms with Crippen LogP contribution in [0.3, 0.4) is 0 Å². The van der Waals surface area contributed by atoms with Gasteiger partial charge in [0.05, 0.1) is 16.5 Å². The fourth-order valence-electron chi connectivity index (χ4n) is 1.23. The molecular formula is C10H14ClFN2O2S. The van der Waals surface area contributed by atoms with E-state index >= 15 is 0 Å². The van der Waals surface area contributed by atoms with Gasteiger partial charge in [0, 0.05) is 0 Å². The van der Waals surface area contributed by atoms with Crippen molar-refractivity contribution in [2.75, 3.05) is 17.0 Å². The minimum atomic E-state index is -3.42. The van der Waals surface area contributed by atoms with E-state index in [4.69, 9.17) is 17.3 Å². The topological polar surface area (TPSA) is 72.2 Å². The molecule has 17 heavy (non-hydrogen) atoms. The largest absolute Gasteiger partial charge is 0.330 e. The predicted molar refractivity (Wildman–Crippen MR) is 67.1 cm³/mol. The Labute approximate surface area is 105 Å². The molecule has 0 heterocycles. The second kappa shape index (κ2) is 6.18. The highest BCUT2D eigenvalue weighted by Gasteiger charge is 2.10. The van der Waals surface area contributed by atoms with Gasteiger partial charge < -0.3 is 5.73 Å². The molecule has 0 atom stereocenters. The Bertz CT molecular complexity index is 479. The Hall–Kier alpha value is -0.850. The van der Waals surface area contributed by atoms with Gasteiger partial charge >= 0.3 is 0 Å². The Morgan fingerprint density at radius 3 is 2.65 bits per heavy atom. The third kappa shape index (κ3) is 4.89. The van der Waals surface area contributed by atoms with E-state index in [1.165, 1.54) is 12.1 Å². The molecule has 0 unspecified atom stereocenters. The number of benzene rings is 1. The van der Waals surface area contributed by atoms with Gasteiger partial charge in [0.15, 0.2) is 0 Å². The maximum absolute atomic E-state index is 12.9. The maximum atomic E-state index is 12.9. The molecule has 0 aliphatic carbocycles. The monoisotopic (exact) mass is 280 g/mol. The van der Waals surface area contributed by atoms with Crippen molar-refractivity contribution in [2.45, 2.75) is 12.8 Å². The van der Waals surface area contributed by atoms with E-state index in [0.717, 1.165) is 6.07 Å². The molecule has 1 rings (SSSR count). The van der Waals surface area contributed by atoms with E-state index in [-0.39, 0.29) is 16.5 Å². The van der Waals surface area contributed by atoms with Gasteiger partial charge in [-0.1, -0.05) is 11.6 Å². The third-order valence-corrected chi connectivity index (χ3v) is 3.72. The molecule has 3 N–H and O–H groups in total. The number of hydrogen-bond acceptors (Lipinski definition) is 3. The molecule has 0 saturated carbocycles. The van der Waals surface area contributed by atoms with Crippen molar-refractivity contribution >= 4 is 27.3 Å². The van der Waals surface area contributed by atoms with Gasteiger partial charge in [0.25, 0.3) is 0 Å². The van der Waals surface area contributed by atoms with Crippen LogP contribution in [0, 0.1) is 5.82 Å². The number of sulfonamides is 1. The fourth-order valence-corrected chi connectivity index (χ4v) is 2.58. The second-order valence-corrected chi connectivity index (χ2v) is 5.79. The van der Waals surface area contributed by atoms with E-state index < -0.39 is 15.8 Å². The summed E-state index contributed by atoms with van der Waals surface area (Å²) in [7, 11) is -3.42. The van der Waals surface area contributed by atoms with E-state index in [2.05, 4.69) is 4.72 Å². The summed E-state index contributed by atoms with van der Waals surface area (Å²) in [6.45, 7) is 0.456. The highest BCUT2D eigenvalue weighted by atomic mass is 35.5. The normalized spacial score (nSPS) is 11.5. The standard InChI is InChI=1S/C10H14ClFN2O2S/c11-9-7-8(3-4-10(9)12)14-17(15,16)6-2-1-5-13/h3-4,7,14H,1-2,5-6,13H2. The van der Waals surface area contributed by atoms with E-state index in [9.17, 15) is 12.8 Å². The van der Waals surface area contributed by atoms with Crippen LogP contribution in [-0.4, -0.2) is 20.7 Å². The molecule has 0 amide bonds. The zero-order valence-electron chi connectivity index (χ0n) is 9.12. The van der Waals surface area contributed by atoms with Gasteiger partial charge in [-0.2, -0.15) is 0 Å². The van der Waals surface area contributed by atoms with Crippen molar-refractivity contribution in [1.29, 1.82) is 0 Å². The average molecular weight is 281 g/mol. The lowest BCUT2D eigenvalue weighted by Crippen LogP contribution is -2.17. The van der Waals surface area contributed by atoms with Crippen LogP contribution in [0.15, 0.2) is 18.2 Å². The number of nitrogens with one attached hydrogen (secondary N) is 1. The van der Waals surface area contributed by atoms with Crippen LogP contribution in [-0.2, 0) is 10.0 Å². The van der Waals surface area contributed by atoms with Crippen molar-refractivity contribution in [2.24, 2.45) is 5.73 Å². The molecule has 0 aromatic heterocycles. The molecule has 1 aromatic rings. The molecule has 0 fully saturated rings. The van der Waals surface area contributed by atoms with Crippen LogP contribution in [0.5, 0.6) is 0 Å². The molecule has 7 heteroatoms. The zero-order chi connectivity index (χ0) is 12.9. The summed E-state index contributed by atoms with van der Waals surface area (Å²) in [4.78, 5) is 0. The molecule has 0 radical (unpaired) electrons. The fraction of sp³-hybridized carbons (Fsp3) is 0.400. The SMILES string of the molecule is NCCCCS(=O)(=O)Nc1ccc(F)c(Cl)c1. The van der Waals surface area contributed by atoms with E-state index in [0.29, 0.717) is 19.4 Å². The Balaban J connectivity index is 2.66. The summed E-state index contributed by atoms with van der Waals surface area (Å²) >= 11 is 5.54. The second-order valence-electron chi connectivity index (χ2n) is 3.55. The lowest BCUT2D eigenvalue weighted by Gasteiger charge is -2.08. The number of unbranched alkanes of at least 4 members (excludes halogenated alkanes) is 1. The lowest BCUT2D eigenvalue weighted by molar-refractivity contribution is 0.597. The van der Waals surface area contributed by atoms with Crippen LogP contribution >= 0.6 is 11.6 Å². The minimum absolute atomic E-state index is 0.0147. The minimum Gasteiger partial charge on any atom is -0.330 e. The number of anilines is 1. The quantitative estimate of drug-likeness (QED) is 0.783. The first-order valence-electron chi connectivity index (χ1n) is 5.10. The zero-order valence-corrected chi connectivity index (χ0v) is 10.7. The highest BCUT2D eigenvalue weighted by Crippen LogP contribution is 2.20. The van der Waals surface area contributed by atoms with Gasteiger partial charge in [0.2, 0.25) is 10.0 Å². The molecular weight excluding hydrogens is 267 g/mol. The molecule has 4 nitrogen and oxygen atoms in total. The Morgan fingerprint density at radius 1 is 1.35 bits per heavy atom. The van der Waals surface area contributed by atoms with Crippen LogP contribution < -0.4 is 10.5 Å². The molecule has 96 valence electrons. The van der Waals surface area contributed by atoms with Gasteiger partial charge in [-0.25, -0.2) is 12.8 Å². The predicted octanol–water partition coefficient (Wildman–Crippen LogP) is 1.96. The van der Waals surface area contributed by atoms with Crippen molar-refractivity contribution in [3.8, 4) is 0 Å². The summed E-state index contributed by atoms with van der Waals surface area (Å²) in [5.41, 5.74) is 5.53. The summed E-state index contributed by atoms with van der Waals surface area (Å²) in [5, 5.41) is -0.118. The summed E-state index contributed by atoms with van der Waals surface area (Å²) in [6.07, 6.45) is 1.13. The summed E-state index contributed by atoms with van der Waals surface area (Å²) < 4.78 is 38.3. The Morgan fingerprint density at radius 2 is 2.06 bits per heavy atom. The number of halogens is 2. The first kappa shape index (κ1) is 14.2. The van der Waals surface area contributed by atoms with Gasteiger partial charge in [-0.3, -0.25) is 4.72 Å². The van der Waals surface area contributed by atoms with Gasteiger partial charge in [-0.15, -0.1) is 0 Å². The van der Waals surface area contributed by atoms with Gasteiger partial charge in [0.1, 0.15) is 5.82 Å². The first-order valence-corrected chi connectivity index (χ1v) is 7.13. The molecule has 0 aliphatic rings. The molecule has 0 spiro atoms. The number of nitrogens with two attached hydrogens (primary N) is 1. The van der Waals surface area contributed by atoms with Crippen LogP contribution in [0.4, 0.5) is 10.1 Å². The van der Waals surface area contributed by atoms with Crippen molar-refractivity contribution in [1.82, 2.24) is 0 Å². The van der Waals surface area contributed by atoms with Crippen LogP contribution in [0.25, 0.3) is 0 Å². The number of rotatable bonds is 6. The van der Waals surface area contributed by atoms with Gasteiger partial charge in [-0.05, 0) is 37.6 Å². The maximum Gasteiger partial charge on any atom is 0.232 e. The molecule has 0 bridgehead atoms. The number of hydrogen-bond donors (Lipinski definition) is 2. The third-order valence-electron chi connectivity index (χ3n) is 2.06. The van der Waals surface area contributed by atoms with E-state index in [1.54, 1.807) is 0 Å². The summed E-state index contributed by atoms with van der Waals surface area (Å²) in [5.74, 6) is -0.600. The first-order chi connectivity index (χ1) is 7.94.